The molecule has 0 aromatic heterocycles. The van der Waals surface area contributed by atoms with Crippen LogP contribution in [0.2, 0.25) is 0 Å². The minimum atomic E-state index is -4.69. The second kappa shape index (κ2) is 5.01. The summed E-state index contributed by atoms with van der Waals surface area (Å²) in [4.78, 5) is 0. The summed E-state index contributed by atoms with van der Waals surface area (Å²) in [6, 6.07) is 10.9. The van der Waals surface area contributed by atoms with E-state index in [1.54, 1.807) is 6.07 Å². The van der Waals surface area contributed by atoms with E-state index < -0.39 is 18.1 Å². The Labute approximate surface area is 107 Å². The van der Waals surface area contributed by atoms with Crippen LogP contribution in [0.15, 0.2) is 48.5 Å². The first-order valence-electron chi connectivity index (χ1n) is 5.48. The molecule has 2 aromatic rings. The van der Waals surface area contributed by atoms with Gasteiger partial charge < -0.3 is 5.11 Å². The van der Waals surface area contributed by atoms with E-state index in [1.165, 1.54) is 42.5 Å². The summed E-state index contributed by atoms with van der Waals surface area (Å²) >= 11 is 0. The third-order valence-electron chi connectivity index (χ3n) is 2.69. The highest BCUT2D eigenvalue weighted by Crippen LogP contribution is 2.33. The lowest BCUT2D eigenvalue weighted by Crippen LogP contribution is -2.19. The maximum Gasteiger partial charge on any atom is 0.418 e. The van der Waals surface area contributed by atoms with Crippen molar-refractivity contribution >= 4 is 0 Å². The van der Waals surface area contributed by atoms with Gasteiger partial charge in [0.15, 0.2) is 6.10 Å². The summed E-state index contributed by atoms with van der Waals surface area (Å²) < 4.78 is 50.0. The van der Waals surface area contributed by atoms with Gasteiger partial charge in [-0.25, -0.2) is 4.39 Å². The molecule has 1 N–H and O–H groups in total. The van der Waals surface area contributed by atoms with Crippen LogP contribution in [0.1, 0.15) is 11.7 Å². The van der Waals surface area contributed by atoms with Crippen molar-refractivity contribution in [3.63, 3.8) is 0 Å². The highest BCUT2D eigenvalue weighted by Gasteiger charge is 2.39. The predicted molar refractivity (Wildman–Crippen MR) is 62.9 cm³/mol. The van der Waals surface area contributed by atoms with Crippen molar-refractivity contribution in [3.8, 4) is 11.1 Å². The van der Waals surface area contributed by atoms with Crippen molar-refractivity contribution in [2.24, 2.45) is 0 Å². The average molecular weight is 270 g/mol. The molecule has 0 aliphatic rings. The number of aliphatic hydroxyl groups is 1. The van der Waals surface area contributed by atoms with Crippen molar-refractivity contribution in [2.75, 3.05) is 0 Å². The van der Waals surface area contributed by atoms with Crippen LogP contribution in [-0.2, 0) is 0 Å². The van der Waals surface area contributed by atoms with E-state index in [9.17, 15) is 17.6 Å². The Morgan fingerprint density at radius 3 is 2.05 bits per heavy atom. The van der Waals surface area contributed by atoms with Crippen LogP contribution in [0.3, 0.4) is 0 Å². The van der Waals surface area contributed by atoms with Gasteiger partial charge in [-0.05, 0) is 28.8 Å². The first kappa shape index (κ1) is 13.5. The zero-order valence-electron chi connectivity index (χ0n) is 9.66. The van der Waals surface area contributed by atoms with Crippen molar-refractivity contribution < 1.29 is 22.7 Å². The van der Waals surface area contributed by atoms with Gasteiger partial charge in [-0.2, -0.15) is 13.2 Å². The zero-order valence-corrected chi connectivity index (χ0v) is 9.66. The number of aliphatic hydroxyl groups excluding tert-OH is 1. The van der Waals surface area contributed by atoms with Crippen molar-refractivity contribution in [3.05, 3.63) is 59.9 Å². The van der Waals surface area contributed by atoms with Crippen LogP contribution in [-0.4, -0.2) is 11.3 Å². The van der Waals surface area contributed by atoms with E-state index in [0.29, 0.717) is 11.1 Å². The molecule has 2 aromatic carbocycles. The summed E-state index contributed by atoms with van der Waals surface area (Å²) in [5, 5.41) is 9.08. The standard InChI is InChI=1S/C14H10F4O/c15-12-3-1-2-11(8-12)9-4-6-10(7-5-9)13(19)14(16,17)18/h1-8,13,19H/t13-/m1/s1. The molecule has 0 amide bonds. The molecule has 0 fully saturated rings. The third kappa shape index (κ3) is 3.12. The summed E-state index contributed by atoms with van der Waals surface area (Å²) in [7, 11) is 0. The normalized spacial score (nSPS) is 13.3. The van der Waals surface area contributed by atoms with Gasteiger partial charge >= 0.3 is 6.18 Å². The maximum absolute atomic E-state index is 13.0. The van der Waals surface area contributed by atoms with E-state index in [2.05, 4.69) is 0 Å². The quantitative estimate of drug-likeness (QED) is 0.815. The molecule has 0 bridgehead atoms. The molecule has 0 aliphatic heterocycles. The molecule has 0 radical (unpaired) electrons. The Balaban J connectivity index is 2.29. The monoisotopic (exact) mass is 270 g/mol. The molecule has 5 heteroatoms. The molecule has 0 aliphatic carbocycles. The Morgan fingerprint density at radius 1 is 0.895 bits per heavy atom. The van der Waals surface area contributed by atoms with Gasteiger partial charge in [0.1, 0.15) is 5.82 Å². The highest BCUT2D eigenvalue weighted by molar-refractivity contribution is 5.63. The second-order valence-corrected chi connectivity index (χ2v) is 4.08. The first-order chi connectivity index (χ1) is 8.88. The molecule has 0 unspecified atom stereocenters. The molecule has 19 heavy (non-hydrogen) atoms. The lowest BCUT2D eigenvalue weighted by molar-refractivity contribution is -0.206. The Hall–Kier alpha value is -1.88. The fraction of sp³-hybridized carbons (Fsp3) is 0.143. The van der Waals surface area contributed by atoms with Crippen LogP contribution >= 0.6 is 0 Å². The fourth-order valence-electron chi connectivity index (χ4n) is 1.71. The van der Waals surface area contributed by atoms with Gasteiger partial charge in [-0.15, -0.1) is 0 Å². The van der Waals surface area contributed by atoms with Gasteiger partial charge in [0.2, 0.25) is 0 Å². The summed E-state index contributed by atoms with van der Waals surface area (Å²) in [5.74, 6) is -0.420. The van der Waals surface area contributed by atoms with Crippen LogP contribution in [0, 0.1) is 5.82 Å². The van der Waals surface area contributed by atoms with Crippen molar-refractivity contribution in [2.45, 2.75) is 12.3 Å². The van der Waals surface area contributed by atoms with E-state index >= 15 is 0 Å². The smallest absolute Gasteiger partial charge is 0.379 e. The summed E-state index contributed by atoms with van der Waals surface area (Å²) in [6.45, 7) is 0. The Bertz CT molecular complexity index is 560. The maximum atomic E-state index is 13.0. The number of hydrogen-bond donors (Lipinski definition) is 1. The highest BCUT2D eigenvalue weighted by atomic mass is 19.4. The number of hydrogen-bond acceptors (Lipinski definition) is 1. The van der Waals surface area contributed by atoms with Crippen LogP contribution in [0.4, 0.5) is 17.6 Å². The van der Waals surface area contributed by atoms with E-state index in [0.717, 1.165) is 0 Å². The number of rotatable bonds is 2. The minimum absolute atomic E-state index is 0.243. The van der Waals surface area contributed by atoms with Crippen molar-refractivity contribution in [1.29, 1.82) is 0 Å². The number of alkyl halides is 3. The SMILES string of the molecule is O[C@H](c1ccc(-c2cccc(F)c2)cc1)C(F)(F)F. The molecule has 2 rings (SSSR count). The molecule has 0 saturated carbocycles. The van der Waals surface area contributed by atoms with E-state index in [4.69, 9.17) is 5.11 Å². The third-order valence-corrected chi connectivity index (χ3v) is 2.69. The van der Waals surface area contributed by atoms with Crippen LogP contribution in [0.25, 0.3) is 11.1 Å². The molecule has 0 heterocycles. The molecule has 0 saturated heterocycles. The predicted octanol–water partition coefficient (Wildman–Crippen LogP) is 4.09. The Morgan fingerprint density at radius 2 is 1.53 bits per heavy atom. The molecular weight excluding hydrogens is 260 g/mol. The van der Waals surface area contributed by atoms with E-state index in [1.807, 2.05) is 0 Å². The average Bonchev–Trinajstić information content (AvgIpc) is 2.37. The lowest BCUT2D eigenvalue weighted by atomic mass is 10.0. The molecule has 1 nitrogen and oxygen atoms in total. The van der Waals surface area contributed by atoms with Gasteiger partial charge in [-0.1, -0.05) is 36.4 Å². The molecule has 0 spiro atoms. The minimum Gasteiger partial charge on any atom is -0.379 e. The first-order valence-corrected chi connectivity index (χ1v) is 5.48. The zero-order chi connectivity index (χ0) is 14.0. The fourth-order valence-corrected chi connectivity index (χ4v) is 1.71. The van der Waals surface area contributed by atoms with Gasteiger partial charge in [0, 0.05) is 0 Å². The van der Waals surface area contributed by atoms with Gasteiger partial charge in [-0.3, -0.25) is 0 Å². The van der Waals surface area contributed by atoms with Gasteiger partial charge in [0.25, 0.3) is 0 Å². The van der Waals surface area contributed by atoms with Crippen molar-refractivity contribution in [1.82, 2.24) is 0 Å². The molecular formula is C14H10F4O. The Kier molecular flexibility index (Phi) is 3.57. The number of halogens is 4. The number of benzene rings is 2. The molecule has 1 atom stereocenters. The lowest BCUT2D eigenvalue weighted by Gasteiger charge is -2.15. The largest absolute Gasteiger partial charge is 0.418 e. The van der Waals surface area contributed by atoms with Crippen LogP contribution in [0.5, 0.6) is 0 Å². The van der Waals surface area contributed by atoms with Crippen LogP contribution < -0.4 is 0 Å². The summed E-state index contributed by atoms with van der Waals surface area (Å²) in [5.41, 5.74) is 0.901. The second-order valence-electron chi connectivity index (χ2n) is 4.08. The van der Waals surface area contributed by atoms with Gasteiger partial charge in [0.05, 0.1) is 0 Å². The summed E-state index contributed by atoms with van der Waals surface area (Å²) in [6.07, 6.45) is -7.20. The molecule has 100 valence electrons. The van der Waals surface area contributed by atoms with E-state index in [-0.39, 0.29) is 5.56 Å². The topological polar surface area (TPSA) is 20.2 Å².